The van der Waals surface area contributed by atoms with Crippen molar-refractivity contribution >= 4 is 21.7 Å². The summed E-state index contributed by atoms with van der Waals surface area (Å²) in [5, 5.41) is 0. The van der Waals surface area contributed by atoms with Crippen molar-refractivity contribution in [2.75, 3.05) is 0 Å². The molecule has 0 saturated heterocycles. The first kappa shape index (κ1) is 13.9. The van der Waals surface area contributed by atoms with Crippen LogP contribution in [0.2, 0.25) is 0 Å². The summed E-state index contributed by atoms with van der Waals surface area (Å²) in [6.07, 6.45) is 1.60. The van der Waals surface area contributed by atoms with Gasteiger partial charge < -0.3 is 0 Å². The van der Waals surface area contributed by atoms with Gasteiger partial charge in [0.15, 0.2) is 10.3 Å². The quantitative estimate of drug-likeness (QED) is 0.730. The monoisotopic (exact) mass is 299 g/mol. The van der Waals surface area contributed by atoms with Gasteiger partial charge in [0, 0.05) is 0 Å². The van der Waals surface area contributed by atoms with E-state index in [0.29, 0.717) is 16.9 Å². The second-order valence-electron chi connectivity index (χ2n) is 6.13. The van der Waals surface area contributed by atoms with Crippen LogP contribution in [-0.2, 0) is 12.0 Å². The maximum Gasteiger partial charge on any atom is 0.281 e. The van der Waals surface area contributed by atoms with Gasteiger partial charge in [-0.25, -0.2) is 9.97 Å². The zero-order valence-electron chi connectivity index (χ0n) is 12.3. The summed E-state index contributed by atoms with van der Waals surface area (Å²) in [6.45, 7) is 7.06. The first-order chi connectivity index (χ1) is 9.95. The molecule has 1 aromatic carbocycles. The van der Waals surface area contributed by atoms with Gasteiger partial charge in [-0.05, 0) is 16.5 Å². The van der Waals surface area contributed by atoms with Crippen LogP contribution in [0.1, 0.15) is 31.9 Å². The Morgan fingerprint density at radius 2 is 2.05 bits per heavy atom. The minimum atomic E-state index is -0.0811. The summed E-state index contributed by atoms with van der Waals surface area (Å²) in [6, 6.07) is 8.34. The number of rotatable bonds is 2. The summed E-state index contributed by atoms with van der Waals surface area (Å²) >= 11 is 1.39. The van der Waals surface area contributed by atoms with Crippen LogP contribution in [0.4, 0.5) is 0 Å². The van der Waals surface area contributed by atoms with Gasteiger partial charge in [0.1, 0.15) is 0 Å². The van der Waals surface area contributed by atoms with Crippen molar-refractivity contribution < 1.29 is 0 Å². The highest BCUT2D eigenvalue weighted by Crippen LogP contribution is 2.23. The van der Waals surface area contributed by atoms with E-state index >= 15 is 0 Å². The van der Waals surface area contributed by atoms with E-state index in [4.69, 9.17) is 0 Å². The second kappa shape index (κ2) is 5.07. The first-order valence-corrected chi connectivity index (χ1v) is 7.71. The van der Waals surface area contributed by atoms with Crippen LogP contribution in [0.25, 0.3) is 10.3 Å². The van der Waals surface area contributed by atoms with Gasteiger partial charge in [-0.3, -0.25) is 9.36 Å². The van der Waals surface area contributed by atoms with E-state index in [-0.39, 0.29) is 11.0 Å². The molecule has 2 heterocycles. The van der Waals surface area contributed by atoms with Gasteiger partial charge in [-0.15, -0.1) is 11.3 Å². The van der Waals surface area contributed by atoms with Gasteiger partial charge in [0.25, 0.3) is 5.56 Å². The van der Waals surface area contributed by atoms with E-state index in [1.807, 2.05) is 12.1 Å². The lowest BCUT2D eigenvalue weighted by molar-refractivity contribution is 0.588. The molecule has 0 unspecified atom stereocenters. The van der Waals surface area contributed by atoms with E-state index in [9.17, 15) is 4.79 Å². The molecule has 3 rings (SSSR count). The molecule has 0 aliphatic carbocycles. The Morgan fingerprint density at radius 1 is 1.24 bits per heavy atom. The standard InChI is InChI=1S/C16H17N3OS/c1-16(2,3)12-6-4-5-11(7-12)8-19-9-17-14-13(15(19)20)18-10-21-14/h4-7,9-10H,8H2,1-3H3. The van der Waals surface area contributed by atoms with Gasteiger partial charge in [-0.1, -0.05) is 45.0 Å². The first-order valence-electron chi connectivity index (χ1n) is 6.83. The van der Waals surface area contributed by atoms with Crippen LogP contribution in [0.3, 0.4) is 0 Å². The smallest absolute Gasteiger partial charge is 0.281 e. The van der Waals surface area contributed by atoms with E-state index in [1.165, 1.54) is 16.9 Å². The third-order valence-corrected chi connectivity index (χ3v) is 4.21. The molecule has 2 aromatic heterocycles. The van der Waals surface area contributed by atoms with Crippen LogP contribution < -0.4 is 5.56 Å². The molecule has 0 N–H and O–H groups in total. The summed E-state index contributed by atoms with van der Waals surface area (Å²) in [4.78, 5) is 21.4. The number of thiazole rings is 1. The van der Waals surface area contributed by atoms with E-state index < -0.39 is 0 Å². The van der Waals surface area contributed by atoms with Crippen molar-refractivity contribution in [2.45, 2.75) is 32.7 Å². The lowest BCUT2D eigenvalue weighted by Crippen LogP contribution is -2.21. The van der Waals surface area contributed by atoms with Crippen molar-refractivity contribution in [3.8, 4) is 0 Å². The molecule has 3 aromatic rings. The zero-order chi connectivity index (χ0) is 15.0. The third kappa shape index (κ3) is 2.74. The van der Waals surface area contributed by atoms with E-state index in [0.717, 1.165) is 5.56 Å². The predicted molar refractivity (Wildman–Crippen MR) is 85.9 cm³/mol. The number of hydrogen-bond donors (Lipinski definition) is 0. The Kier molecular flexibility index (Phi) is 3.37. The van der Waals surface area contributed by atoms with Crippen molar-refractivity contribution in [1.29, 1.82) is 0 Å². The SMILES string of the molecule is CC(C)(C)c1cccc(Cn2cnc3scnc3c2=O)c1. The van der Waals surface area contributed by atoms with Crippen LogP contribution >= 0.6 is 11.3 Å². The highest BCUT2D eigenvalue weighted by Gasteiger charge is 2.14. The van der Waals surface area contributed by atoms with Crippen molar-refractivity contribution in [2.24, 2.45) is 0 Å². The lowest BCUT2D eigenvalue weighted by atomic mass is 9.86. The van der Waals surface area contributed by atoms with Gasteiger partial charge in [-0.2, -0.15) is 0 Å². The molecular weight excluding hydrogens is 282 g/mol. The Morgan fingerprint density at radius 3 is 2.81 bits per heavy atom. The zero-order valence-corrected chi connectivity index (χ0v) is 13.1. The number of aromatic nitrogens is 3. The lowest BCUT2D eigenvalue weighted by Gasteiger charge is -2.19. The van der Waals surface area contributed by atoms with Crippen molar-refractivity contribution in [3.63, 3.8) is 0 Å². The Bertz CT molecular complexity index is 842. The Balaban J connectivity index is 1.99. The summed E-state index contributed by atoms with van der Waals surface area (Å²) < 4.78 is 1.61. The summed E-state index contributed by atoms with van der Waals surface area (Å²) in [5.74, 6) is 0. The van der Waals surface area contributed by atoms with E-state index in [2.05, 4.69) is 42.9 Å². The van der Waals surface area contributed by atoms with Crippen molar-refractivity contribution in [1.82, 2.24) is 14.5 Å². The highest BCUT2D eigenvalue weighted by atomic mass is 32.1. The molecule has 0 saturated carbocycles. The molecule has 0 aliphatic heterocycles. The molecule has 0 radical (unpaired) electrons. The van der Waals surface area contributed by atoms with Gasteiger partial charge in [0.2, 0.25) is 0 Å². The largest absolute Gasteiger partial charge is 0.293 e. The third-order valence-electron chi connectivity index (χ3n) is 3.47. The molecule has 0 aliphatic rings. The summed E-state index contributed by atoms with van der Waals surface area (Å²) in [5.41, 5.74) is 4.48. The Labute approximate surface area is 127 Å². The second-order valence-corrected chi connectivity index (χ2v) is 6.97. The minimum Gasteiger partial charge on any atom is -0.293 e. The molecule has 4 nitrogen and oxygen atoms in total. The predicted octanol–water partition coefficient (Wildman–Crippen LogP) is 3.20. The normalized spacial score (nSPS) is 12.0. The minimum absolute atomic E-state index is 0.0811. The fourth-order valence-electron chi connectivity index (χ4n) is 2.23. The highest BCUT2D eigenvalue weighted by molar-refractivity contribution is 7.16. The fraction of sp³-hybridized carbons (Fsp3) is 0.312. The number of benzene rings is 1. The van der Waals surface area contributed by atoms with Crippen molar-refractivity contribution in [3.05, 3.63) is 57.6 Å². The van der Waals surface area contributed by atoms with Crippen LogP contribution in [0, 0.1) is 0 Å². The molecular formula is C16H17N3OS. The maximum absolute atomic E-state index is 12.3. The molecule has 108 valence electrons. The number of nitrogens with zero attached hydrogens (tertiary/aromatic N) is 3. The van der Waals surface area contributed by atoms with Crippen LogP contribution in [0.5, 0.6) is 0 Å². The number of hydrogen-bond acceptors (Lipinski definition) is 4. The fourth-order valence-corrected chi connectivity index (χ4v) is 2.85. The maximum atomic E-state index is 12.3. The van der Waals surface area contributed by atoms with Crippen LogP contribution in [0.15, 0.2) is 40.9 Å². The van der Waals surface area contributed by atoms with E-state index in [1.54, 1.807) is 16.4 Å². The summed E-state index contributed by atoms with van der Waals surface area (Å²) in [7, 11) is 0. The average Bonchev–Trinajstić information content (AvgIpc) is 2.91. The number of fused-ring (bicyclic) bond motifs is 1. The molecule has 5 heteroatoms. The molecule has 0 atom stereocenters. The average molecular weight is 299 g/mol. The molecule has 0 fully saturated rings. The Hall–Kier alpha value is -2.01. The molecule has 21 heavy (non-hydrogen) atoms. The topological polar surface area (TPSA) is 47.8 Å². The molecule has 0 spiro atoms. The van der Waals surface area contributed by atoms with Gasteiger partial charge >= 0.3 is 0 Å². The molecule has 0 amide bonds. The molecule has 0 bridgehead atoms. The van der Waals surface area contributed by atoms with Crippen LogP contribution in [-0.4, -0.2) is 14.5 Å². The van der Waals surface area contributed by atoms with Gasteiger partial charge in [0.05, 0.1) is 18.4 Å².